The van der Waals surface area contributed by atoms with Gasteiger partial charge in [0.2, 0.25) is 11.8 Å². The summed E-state index contributed by atoms with van der Waals surface area (Å²) in [7, 11) is 0. The van der Waals surface area contributed by atoms with Crippen LogP contribution >= 0.6 is 15.9 Å². The Morgan fingerprint density at radius 2 is 1.59 bits per heavy atom. The lowest BCUT2D eigenvalue weighted by atomic mass is 10.0. The molecule has 3 rings (SSSR count). The molecule has 0 unspecified atom stereocenters. The molecule has 22 heavy (non-hydrogen) atoms. The van der Waals surface area contributed by atoms with Gasteiger partial charge < -0.3 is 10.2 Å². The second-order valence-electron chi connectivity index (χ2n) is 6.25. The van der Waals surface area contributed by atoms with Gasteiger partial charge in [0.1, 0.15) is 5.41 Å². The lowest BCUT2D eigenvalue weighted by molar-refractivity contribution is -0.142. The molecule has 1 heterocycles. The van der Waals surface area contributed by atoms with Crippen LogP contribution in [-0.4, -0.2) is 29.8 Å². The molecule has 0 spiro atoms. The quantitative estimate of drug-likeness (QED) is 0.833. The van der Waals surface area contributed by atoms with Crippen LogP contribution in [-0.2, 0) is 9.59 Å². The van der Waals surface area contributed by atoms with Crippen molar-refractivity contribution in [1.82, 2.24) is 4.90 Å². The van der Waals surface area contributed by atoms with Crippen LogP contribution in [0.2, 0.25) is 0 Å². The smallest absolute Gasteiger partial charge is 0.240 e. The van der Waals surface area contributed by atoms with E-state index in [9.17, 15) is 9.59 Å². The van der Waals surface area contributed by atoms with E-state index in [2.05, 4.69) is 21.2 Å². The van der Waals surface area contributed by atoms with E-state index in [1.54, 1.807) is 0 Å². The van der Waals surface area contributed by atoms with Crippen LogP contribution in [0.25, 0.3) is 0 Å². The maximum atomic E-state index is 12.8. The molecule has 2 aliphatic rings. The highest BCUT2D eigenvalue weighted by Gasteiger charge is 2.57. The first kappa shape index (κ1) is 15.5. The fourth-order valence-corrected chi connectivity index (χ4v) is 3.29. The molecule has 1 aromatic carbocycles. The molecule has 5 heteroatoms. The summed E-state index contributed by atoms with van der Waals surface area (Å²) in [6.07, 6.45) is 5.81. The summed E-state index contributed by atoms with van der Waals surface area (Å²) in [5.74, 6) is -0.118. The first-order valence-electron chi connectivity index (χ1n) is 7.98. The zero-order valence-corrected chi connectivity index (χ0v) is 14.2. The van der Waals surface area contributed by atoms with Gasteiger partial charge in [-0.25, -0.2) is 0 Å². The molecule has 1 aliphatic carbocycles. The number of nitrogens with zero attached hydrogens (tertiary/aromatic N) is 1. The SMILES string of the molecule is O=C(Nc1ccc(Br)cc1)C1(C(=O)N2CCCCCC2)CC1. The second kappa shape index (κ2) is 6.41. The summed E-state index contributed by atoms with van der Waals surface area (Å²) < 4.78 is 0.965. The molecule has 0 aromatic heterocycles. The van der Waals surface area contributed by atoms with E-state index in [1.165, 1.54) is 12.8 Å². The molecular weight excluding hydrogens is 344 g/mol. The summed E-state index contributed by atoms with van der Waals surface area (Å²) in [4.78, 5) is 27.3. The number of likely N-dealkylation sites (tertiary alicyclic amines) is 1. The van der Waals surface area contributed by atoms with Gasteiger partial charge >= 0.3 is 0 Å². The van der Waals surface area contributed by atoms with E-state index >= 15 is 0 Å². The van der Waals surface area contributed by atoms with E-state index < -0.39 is 5.41 Å². The van der Waals surface area contributed by atoms with Crippen LogP contribution in [0.3, 0.4) is 0 Å². The van der Waals surface area contributed by atoms with Gasteiger partial charge in [0.25, 0.3) is 0 Å². The van der Waals surface area contributed by atoms with Crippen molar-refractivity contribution in [2.75, 3.05) is 18.4 Å². The summed E-state index contributed by atoms with van der Waals surface area (Å²) in [6.45, 7) is 1.60. The first-order chi connectivity index (χ1) is 10.6. The highest BCUT2D eigenvalue weighted by molar-refractivity contribution is 9.10. The van der Waals surface area contributed by atoms with Gasteiger partial charge in [0, 0.05) is 23.2 Å². The predicted molar refractivity (Wildman–Crippen MR) is 89.5 cm³/mol. The molecule has 118 valence electrons. The van der Waals surface area contributed by atoms with Gasteiger partial charge in [-0.3, -0.25) is 9.59 Å². The van der Waals surface area contributed by atoms with Crippen LogP contribution in [0.15, 0.2) is 28.7 Å². The molecule has 2 fully saturated rings. The van der Waals surface area contributed by atoms with Crippen LogP contribution in [0, 0.1) is 5.41 Å². The van der Waals surface area contributed by atoms with Gasteiger partial charge in [-0.05, 0) is 49.9 Å². The Hall–Kier alpha value is -1.36. The number of halogens is 1. The summed E-state index contributed by atoms with van der Waals surface area (Å²) in [5.41, 5.74) is -0.0691. The molecule has 0 radical (unpaired) electrons. The molecule has 1 saturated carbocycles. The van der Waals surface area contributed by atoms with Crippen LogP contribution in [0.1, 0.15) is 38.5 Å². The van der Waals surface area contributed by atoms with E-state index in [1.807, 2.05) is 29.2 Å². The first-order valence-corrected chi connectivity index (χ1v) is 8.77. The third-order valence-electron chi connectivity index (χ3n) is 4.59. The number of hydrogen-bond donors (Lipinski definition) is 1. The van der Waals surface area contributed by atoms with E-state index in [-0.39, 0.29) is 11.8 Å². The van der Waals surface area contributed by atoms with Crippen molar-refractivity contribution in [3.05, 3.63) is 28.7 Å². The Morgan fingerprint density at radius 3 is 2.14 bits per heavy atom. The molecule has 1 saturated heterocycles. The van der Waals surface area contributed by atoms with Crippen LogP contribution in [0.4, 0.5) is 5.69 Å². The molecule has 4 nitrogen and oxygen atoms in total. The topological polar surface area (TPSA) is 49.4 Å². The number of nitrogens with one attached hydrogen (secondary N) is 1. The average Bonchev–Trinajstić information content (AvgIpc) is 3.34. The Labute approximate surface area is 139 Å². The number of carbonyl (C=O) groups excluding carboxylic acids is 2. The standard InChI is InChI=1S/C17H21BrN2O2/c18-13-5-7-14(8-6-13)19-15(21)17(9-10-17)16(22)20-11-3-1-2-4-12-20/h5-8H,1-4,9-12H2,(H,19,21). The Kier molecular flexibility index (Phi) is 4.52. The largest absolute Gasteiger partial charge is 0.342 e. The van der Waals surface area contributed by atoms with Gasteiger partial charge in [0.15, 0.2) is 0 Å². The monoisotopic (exact) mass is 364 g/mol. The summed E-state index contributed by atoms with van der Waals surface area (Å²) in [5, 5.41) is 2.90. The Balaban J connectivity index is 1.68. The normalized spacial score (nSPS) is 20.1. The van der Waals surface area contributed by atoms with E-state index in [4.69, 9.17) is 0 Å². The van der Waals surface area contributed by atoms with Crippen LogP contribution in [0.5, 0.6) is 0 Å². The predicted octanol–water partition coefficient (Wildman–Crippen LogP) is 3.57. The lowest BCUT2D eigenvalue weighted by Crippen LogP contribution is -2.43. The number of hydrogen-bond acceptors (Lipinski definition) is 2. The lowest BCUT2D eigenvalue weighted by Gasteiger charge is -2.25. The summed E-state index contributed by atoms with van der Waals surface area (Å²) in [6, 6.07) is 7.45. The molecule has 0 atom stereocenters. The molecular formula is C17H21BrN2O2. The fraction of sp³-hybridized carbons (Fsp3) is 0.529. The number of benzene rings is 1. The fourth-order valence-electron chi connectivity index (χ4n) is 3.02. The third kappa shape index (κ3) is 3.19. The third-order valence-corrected chi connectivity index (χ3v) is 5.12. The van der Waals surface area contributed by atoms with Gasteiger partial charge in [0.05, 0.1) is 0 Å². The zero-order chi connectivity index (χ0) is 15.6. The second-order valence-corrected chi connectivity index (χ2v) is 7.17. The molecule has 0 bridgehead atoms. The van der Waals surface area contributed by atoms with Crippen molar-refractivity contribution in [2.24, 2.45) is 5.41 Å². The number of rotatable bonds is 3. The minimum Gasteiger partial charge on any atom is -0.342 e. The molecule has 1 N–H and O–H groups in total. The maximum absolute atomic E-state index is 12.8. The van der Waals surface area contributed by atoms with Crippen molar-refractivity contribution >= 4 is 33.4 Å². The van der Waals surface area contributed by atoms with Gasteiger partial charge in [-0.1, -0.05) is 28.8 Å². The highest BCUT2D eigenvalue weighted by Crippen LogP contribution is 2.48. The summed E-state index contributed by atoms with van der Waals surface area (Å²) >= 11 is 3.37. The van der Waals surface area contributed by atoms with Gasteiger partial charge in [-0.15, -0.1) is 0 Å². The molecule has 2 amide bonds. The molecule has 1 aromatic rings. The van der Waals surface area contributed by atoms with Crippen molar-refractivity contribution < 1.29 is 9.59 Å². The Morgan fingerprint density at radius 1 is 1.00 bits per heavy atom. The minimum absolute atomic E-state index is 0.0315. The van der Waals surface area contributed by atoms with Crippen molar-refractivity contribution in [1.29, 1.82) is 0 Å². The van der Waals surface area contributed by atoms with E-state index in [0.717, 1.165) is 36.1 Å². The Bertz CT molecular complexity index is 559. The van der Waals surface area contributed by atoms with Gasteiger partial charge in [-0.2, -0.15) is 0 Å². The maximum Gasteiger partial charge on any atom is 0.240 e. The van der Waals surface area contributed by atoms with E-state index in [0.29, 0.717) is 12.8 Å². The average molecular weight is 365 g/mol. The zero-order valence-electron chi connectivity index (χ0n) is 12.6. The molecule has 1 aliphatic heterocycles. The number of amides is 2. The minimum atomic E-state index is -0.808. The highest BCUT2D eigenvalue weighted by atomic mass is 79.9. The number of anilines is 1. The van der Waals surface area contributed by atoms with Crippen molar-refractivity contribution in [3.63, 3.8) is 0 Å². The van der Waals surface area contributed by atoms with Crippen molar-refractivity contribution in [3.8, 4) is 0 Å². The van der Waals surface area contributed by atoms with Crippen LogP contribution < -0.4 is 5.32 Å². The number of carbonyl (C=O) groups is 2. The van der Waals surface area contributed by atoms with Crippen molar-refractivity contribution in [2.45, 2.75) is 38.5 Å².